The molecule has 0 unspecified atom stereocenters. The first-order chi connectivity index (χ1) is 7.31. The lowest BCUT2D eigenvalue weighted by molar-refractivity contribution is -0.139. The van der Waals surface area contributed by atoms with Crippen molar-refractivity contribution in [3.05, 3.63) is 30.3 Å². The number of para-hydroxylation sites is 1. The number of phenolic OH excluding ortho intramolecular Hbond substituents is 1. The predicted octanol–water partition coefficient (Wildman–Crippen LogP) is 2.33. The van der Waals surface area contributed by atoms with Gasteiger partial charge in [0, 0.05) is 6.92 Å². The van der Waals surface area contributed by atoms with Crippen LogP contribution in [-0.2, 0) is 9.53 Å². The highest BCUT2D eigenvalue weighted by atomic mass is 28.5. The van der Waals surface area contributed by atoms with E-state index in [1.807, 2.05) is 6.07 Å². The number of esters is 1. The van der Waals surface area contributed by atoms with E-state index in [1.165, 1.54) is 0 Å². The predicted molar refractivity (Wildman–Crippen MR) is 53.8 cm³/mol. The number of rotatable bonds is 2. The molecule has 1 rings (SSSR count). The van der Waals surface area contributed by atoms with Gasteiger partial charge in [-0.1, -0.05) is 18.2 Å². The quantitative estimate of drug-likeness (QED) is 0.499. The van der Waals surface area contributed by atoms with Gasteiger partial charge in [0.1, 0.15) is 5.75 Å². The molecule has 1 aromatic carbocycles. The molecule has 0 amide bonds. The Kier molecular flexibility index (Phi) is 6.24. The SMILES string of the molecule is CC(=O)OC[Si](F)(F)F.Oc1ccccc1. The smallest absolute Gasteiger partial charge is 0.508 e. The van der Waals surface area contributed by atoms with Crippen LogP contribution in [0.1, 0.15) is 6.92 Å². The standard InChI is InChI=1S/C6H6O.C3H5F3O2Si/c7-6-4-2-1-3-5-6;1-3(7)8-2-9(4,5)6/h1-5,7H;2H2,1H3. The average Bonchev–Trinajstić information content (AvgIpc) is 2.16. The summed E-state index contributed by atoms with van der Waals surface area (Å²) < 4.78 is 37.5. The molecule has 0 aliphatic heterocycles. The third-order valence-electron chi connectivity index (χ3n) is 1.20. The second-order valence-electron chi connectivity index (χ2n) is 2.73. The van der Waals surface area contributed by atoms with Gasteiger partial charge in [0.05, 0.1) is 0 Å². The summed E-state index contributed by atoms with van der Waals surface area (Å²) in [7, 11) is -5.66. The summed E-state index contributed by atoms with van der Waals surface area (Å²) in [6, 6.07) is 8.71. The summed E-state index contributed by atoms with van der Waals surface area (Å²) in [5, 5.41) is 8.63. The molecule has 0 aliphatic rings. The molecule has 1 aromatic rings. The van der Waals surface area contributed by atoms with Crippen LogP contribution >= 0.6 is 0 Å². The first-order valence-corrected chi connectivity index (χ1v) is 6.09. The van der Waals surface area contributed by atoms with E-state index in [2.05, 4.69) is 4.74 Å². The van der Waals surface area contributed by atoms with Gasteiger partial charge in [-0.15, -0.1) is 0 Å². The zero-order valence-electron chi connectivity index (χ0n) is 8.49. The Morgan fingerprint density at radius 2 is 1.81 bits per heavy atom. The van der Waals surface area contributed by atoms with Crippen LogP contribution in [0, 0.1) is 0 Å². The molecule has 0 saturated carbocycles. The Labute approximate surface area is 92.0 Å². The van der Waals surface area contributed by atoms with E-state index in [0.29, 0.717) is 5.75 Å². The van der Waals surface area contributed by atoms with Gasteiger partial charge in [0.15, 0.2) is 6.23 Å². The lowest BCUT2D eigenvalue weighted by Gasteiger charge is -2.00. The number of halogens is 3. The molecule has 1 N–H and O–H groups in total. The van der Waals surface area contributed by atoms with Crippen molar-refractivity contribution in [2.45, 2.75) is 6.92 Å². The molecule has 0 heterocycles. The van der Waals surface area contributed by atoms with Crippen LogP contribution in [0.15, 0.2) is 30.3 Å². The fourth-order valence-electron chi connectivity index (χ4n) is 0.611. The average molecular weight is 252 g/mol. The summed E-state index contributed by atoms with van der Waals surface area (Å²) in [6.45, 7) is 0.945. The molecule has 0 aromatic heterocycles. The van der Waals surface area contributed by atoms with Crippen LogP contribution in [0.4, 0.5) is 12.3 Å². The Balaban J connectivity index is 0.000000288. The van der Waals surface area contributed by atoms with E-state index >= 15 is 0 Å². The van der Waals surface area contributed by atoms with Crippen molar-refractivity contribution in [3.63, 3.8) is 0 Å². The minimum Gasteiger partial charge on any atom is -0.508 e. The van der Waals surface area contributed by atoms with Gasteiger partial charge >= 0.3 is 15.0 Å². The first-order valence-electron chi connectivity index (χ1n) is 4.25. The Morgan fingerprint density at radius 1 is 1.31 bits per heavy atom. The van der Waals surface area contributed by atoms with Crippen LogP contribution in [0.25, 0.3) is 0 Å². The maximum Gasteiger partial charge on any atom is 0.656 e. The minimum absolute atomic E-state index is 0.322. The molecule has 90 valence electrons. The molecule has 16 heavy (non-hydrogen) atoms. The topological polar surface area (TPSA) is 46.5 Å². The monoisotopic (exact) mass is 252 g/mol. The van der Waals surface area contributed by atoms with Crippen molar-refractivity contribution in [3.8, 4) is 5.75 Å². The second-order valence-corrected chi connectivity index (χ2v) is 4.25. The number of benzene rings is 1. The third kappa shape index (κ3) is 10.6. The molecular formula is C9H11F3O3Si. The molecule has 0 aliphatic carbocycles. The number of ether oxygens (including phenoxy) is 1. The molecule has 3 nitrogen and oxygen atoms in total. The number of carbonyl (C=O) groups excluding carboxylic acids is 1. The van der Waals surface area contributed by atoms with E-state index in [9.17, 15) is 17.1 Å². The van der Waals surface area contributed by atoms with Gasteiger partial charge in [0.25, 0.3) is 0 Å². The fourth-order valence-corrected chi connectivity index (χ4v) is 0.978. The molecular weight excluding hydrogens is 241 g/mol. The molecule has 0 radical (unpaired) electrons. The lowest BCUT2D eigenvalue weighted by atomic mass is 10.3. The van der Waals surface area contributed by atoms with Crippen LogP contribution in [-0.4, -0.2) is 26.4 Å². The number of aromatic hydroxyl groups is 1. The molecule has 0 fully saturated rings. The molecule has 0 spiro atoms. The van der Waals surface area contributed by atoms with Crippen molar-refractivity contribution in [1.82, 2.24) is 0 Å². The van der Waals surface area contributed by atoms with Crippen LogP contribution in [0.3, 0.4) is 0 Å². The van der Waals surface area contributed by atoms with E-state index in [-0.39, 0.29) is 0 Å². The Morgan fingerprint density at radius 3 is 2.00 bits per heavy atom. The number of carbonyl (C=O) groups is 1. The largest absolute Gasteiger partial charge is 0.656 e. The third-order valence-corrected chi connectivity index (χ3v) is 1.67. The lowest BCUT2D eigenvalue weighted by Crippen LogP contribution is -2.25. The van der Waals surface area contributed by atoms with Crippen molar-refractivity contribution < 1.29 is 27.0 Å². The van der Waals surface area contributed by atoms with E-state index in [4.69, 9.17) is 5.11 Å². The normalized spacial score (nSPS) is 10.0. The number of hydrogen-bond acceptors (Lipinski definition) is 3. The van der Waals surface area contributed by atoms with Gasteiger partial charge < -0.3 is 9.84 Å². The first kappa shape index (κ1) is 14.5. The van der Waals surface area contributed by atoms with Gasteiger partial charge in [-0.05, 0) is 12.1 Å². The molecule has 0 atom stereocenters. The van der Waals surface area contributed by atoms with Crippen molar-refractivity contribution >= 4 is 15.0 Å². The summed E-state index contributed by atoms with van der Waals surface area (Å²) in [5.74, 6) is -0.567. The van der Waals surface area contributed by atoms with Gasteiger partial charge in [-0.3, -0.25) is 4.79 Å². The van der Waals surface area contributed by atoms with Gasteiger partial charge in [0.2, 0.25) is 0 Å². The van der Waals surface area contributed by atoms with E-state index in [1.54, 1.807) is 24.3 Å². The highest BCUT2D eigenvalue weighted by Crippen LogP contribution is 2.07. The molecule has 0 bridgehead atoms. The van der Waals surface area contributed by atoms with Crippen LogP contribution < -0.4 is 0 Å². The van der Waals surface area contributed by atoms with Crippen LogP contribution in [0.2, 0.25) is 0 Å². The van der Waals surface area contributed by atoms with E-state index in [0.717, 1.165) is 6.92 Å². The maximum absolute atomic E-state index is 11.3. The number of hydrogen-bond donors (Lipinski definition) is 1. The summed E-state index contributed by atoms with van der Waals surface area (Å²) in [4.78, 5) is 9.79. The zero-order valence-corrected chi connectivity index (χ0v) is 9.49. The fraction of sp³-hybridized carbons (Fsp3) is 0.222. The van der Waals surface area contributed by atoms with Gasteiger partial charge in [-0.2, -0.15) is 0 Å². The highest BCUT2D eigenvalue weighted by molar-refractivity contribution is 6.58. The number of phenols is 1. The molecule has 7 heteroatoms. The second kappa shape index (κ2) is 6.89. The maximum atomic E-state index is 11.3. The Bertz CT molecular complexity index is 314. The van der Waals surface area contributed by atoms with E-state index < -0.39 is 21.3 Å². The van der Waals surface area contributed by atoms with Crippen LogP contribution in [0.5, 0.6) is 5.75 Å². The van der Waals surface area contributed by atoms with Crippen molar-refractivity contribution in [2.24, 2.45) is 0 Å². The minimum atomic E-state index is -5.66. The summed E-state index contributed by atoms with van der Waals surface area (Å²) in [6.07, 6.45) is -1.36. The van der Waals surface area contributed by atoms with Gasteiger partial charge in [-0.25, -0.2) is 12.3 Å². The summed E-state index contributed by atoms with van der Waals surface area (Å²) >= 11 is 0. The molecule has 0 saturated heterocycles. The Hall–Kier alpha value is -1.50. The van der Waals surface area contributed by atoms with Crippen molar-refractivity contribution in [1.29, 1.82) is 0 Å². The zero-order chi connectivity index (χ0) is 12.6. The summed E-state index contributed by atoms with van der Waals surface area (Å²) in [5.41, 5.74) is 0. The van der Waals surface area contributed by atoms with Crippen molar-refractivity contribution in [2.75, 3.05) is 6.23 Å². The highest BCUT2D eigenvalue weighted by Gasteiger charge is 2.38.